The molecule has 0 saturated carbocycles. The smallest absolute Gasteiger partial charge is 0.272 e. The summed E-state index contributed by atoms with van der Waals surface area (Å²) in [6.45, 7) is 0.628. The summed E-state index contributed by atoms with van der Waals surface area (Å²) in [5, 5.41) is 13.2. The number of likely N-dealkylation sites (tertiary alicyclic amines) is 1. The molecule has 3 rings (SSSR count). The van der Waals surface area contributed by atoms with Crippen LogP contribution in [-0.4, -0.2) is 59.1 Å². The predicted octanol–water partition coefficient (Wildman–Crippen LogP) is 1.02. The fourth-order valence-corrected chi connectivity index (χ4v) is 3.12. The van der Waals surface area contributed by atoms with E-state index in [9.17, 15) is 14.7 Å². The average Bonchev–Trinajstić information content (AvgIpc) is 2.70. The SMILES string of the molecule is COc1ccc(CC(=O)N[C@@H]2CCN(C(=O)c3ccccn3)C[C@H]2O)cc1. The second kappa shape index (κ2) is 8.64. The van der Waals surface area contributed by atoms with Crippen LogP contribution in [0.15, 0.2) is 48.7 Å². The van der Waals surface area contributed by atoms with Crippen molar-refractivity contribution in [1.82, 2.24) is 15.2 Å². The number of piperidine rings is 1. The van der Waals surface area contributed by atoms with Crippen molar-refractivity contribution >= 4 is 11.8 Å². The minimum absolute atomic E-state index is 0.159. The number of hydrogen-bond donors (Lipinski definition) is 2. The first-order valence-electron chi connectivity index (χ1n) is 8.87. The zero-order valence-electron chi connectivity index (χ0n) is 15.2. The van der Waals surface area contributed by atoms with E-state index >= 15 is 0 Å². The van der Waals surface area contributed by atoms with Gasteiger partial charge < -0.3 is 20.1 Å². The van der Waals surface area contributed by atoms with Gasteiger partial charge in [0.05, 0.1) is 25.7 Å². The van der Waals surface area contributed by atoms with Crippen LogP contribution in [0.4, 0.5) is 0 Å². The van der Waals surface area contributed by atoms with E-state index in [1.165, 1.54) is 0 Å². The Labute approximate surface area is 158 Å². The van der Waals surface area contributed by atoms with Gasteiger partial charge in [-0.05, 0) is 36.2 Å². The zero-order valence-corrected chi connectivity index (χ0v) is 15.2. The van der Waals surface area contributed by atoms with Crippen LogP contribution >= 0.6 is 0 Å². The quantitative estimate of drug-likeness (QED) is 0.821. The summed E-state index contributed by atoms with van der Waals surface area (Å²) in [7, 11) is 1.59. The third-order valence-corrected chi connectivity index (χ3v) is 4.62. The first-order chi connectivity index (χ1) is 13.1. The highest BCUT2D eigenvalue weighted by molar-refractivity contribution is 5.92. The molecule has 1 saturated heterocycles. The van der Waals surface area contributed by atoms with Gasteiger partial charge >= 0.3 is 0 Å². The number of ether oxygens (including phenoxy) is 1. The average molecular weight is 369 g/mol. The van der Waals surface area contributed by atoms with Gasteiger partial charge in [0.2, 0.25) is 5.91 Å². The molecule has 1 aromatic heterocycles. The molecule has 2 heterocycles. The minimum Gasteiger partial charge on any atom is -0.497 e. The van der Waals surface area contributed by atoms with Gasteiger partial charge in [0, 0.05) is 19.3 Å². The molecule has 0 unspecified atom stereocenters. The van der Waals surface area contributed by atoms with E-state index in [4.69, 9.17) is 4.74 Å². The van der Waals surface area contributed by atoms with Gasteiger partial charge in [-0.3, -0.25) is 14.6 Å². The van der Waals surface area contributed by atoms with Gasteiger partial charge in [-0.15, -0.1) is 0 Å². The number of benzene rings is 1. The van der Waals surface area contributed by atoms with E-state index in [2.05, 4.69) is 10.3 Å². The molecule has 2 N–H and O–H groups in total. The molecule has 1 aliphatic rings. The number of nitrogens with one attached hydrogen (secondary N) is 1. The highest BCUT2D eigenvalue weighted by atomic mass is 16.5. The molecule has 0 radical (unpaired) electrons. The standard InChI is InChI=1S/C20H23N3O4/c1-27-15-7-5-14(6-8-15)12-19(25)22-16-9-11-23(13-18(16)24)20(26)17-4-2-3-10-21-17/h2-8,10,16,18,24H,9,11-13H2,1H3,(H,22,25)/t16-,18-/m1/s1. The number of β-amino-alcohol motifs (C(OH)–C–C–N with tert-alkyl or cyclic N) is 1. The van der Waals surface area contributed by atoms with E-state index in [1.807, 2.05) is 12.1 Å². The summed E-state index contributed by atoms with van der Waals surface area (Å²) in [6, 6.07) is 12.1. The van der Waals surface area contributed by atoms with Crippen molar-refractivity contribution < 1.29 is 19.4 Å². The molecule has 27 heavy (non-hydrogen) atoms. The Morgan fingerprint density at radius 1 is 1.26 bits per heavy atom. The first kappa shape index (κ1) is 18.8. The molecule has 1 aromatic carbocycles. The molecule has 142 valence electrons. The lowest BCUT2D eigenvalue weighted by Gasteiger charge is -2.36. The number of nitrogens with zero attached hydrogens (tertiary/aromatic N) is 2. The molecular weight excluding hydrogens is 346 g/mol. The zero-order chi connectivity index (χ0) is 19.2. The molecule has 7 nitrogen and oxygen atoms in total. The molecule has 1 fully saturated rings. The Morgan fingerprint density at radius 2 is 2.04 bits per heavy atom. The Kier molecular flexibility index (Phi) is 6.03. The van der Waals surface area contributed by atoms with Crippen LogP contribution in [0.5, 0.6) is 5.75 Å². The Morgan fingerprint density at radius 3 is 2.67 bits per heavy atom. The number of aliphatic hydroxyl groups excluding tert-OH is 1. The molecule has 0 aliphatic carbocycles. The van der Waals surface area contributed by atoms with Crippen LogP contribution < -0.4 is 10.1 Å². The van der Waals surface area contributed by atoms with Crippen molar-refractivity contribution in [2.24, 2.45) is 0 Å². The molecule has 0 spiro atoms. The predicted molar refractivity (Wildman–Crippen MR) is 99.4 cm³/mol. The summed E-state index contributed by atoms with van der Waals surface area (Å²) >= 11 is 0. The molecule has 2 amide bonds. The minimum atomic E-state index is -0.814. The fourth-order valence-electron chi connectivity index (χ4n) is 3.12. The van der Waals surface area contributed by atoms with Crippen LogP contribution in [-0.2, 0) is 11.2 Å². The Balaban J connectivity index is 1.52. The second-order valence-corrected chi connectivity index (χ2v) is 6.52. The lowest BCUT2D eigenvalue weighted by atomic mass is 10.0. The van der Waals surface area contributed by atoms with Crippen LogP contribution in [0.3, 0.4) is 0 Å². The van der Waals surface area contributed by atoms with Crippen molar-refractivity contribution in [3.8, 4) is 5.75 Å². The van der Waals surface area contributed by atoms with Gasteiger partial charge in [-0.2, -0.15) is 0 Å². The fraction of sp³-hybridized carbons (Fsp3) is 0.350. The maximum absolute atomic E-state index is 12.4. The van der Waals surface area contributed by atoms with Crippen molar-refractivity contribution in [2.75, 3.05) is 20.2 Å². The van der Waals surface area contributed by atoms with Crippen molar-refractivity contribution in [3.05, 3.63) is 59.9 Å². The number of aliphatic hydroxyl groups is 1. The van der Waals surface area contributed by atoms with Crippen LogP contribution in [0.25, 0.3) is 0 Å². The molecule has 1 aliphatic heterocycles. The van der Waals surface area contributed by atoms with Crippen molar-refractivity contribution in [3.63, 3.8) is 0 Å². The van der Waals surface area contributed by atoms with Gasteiger partial charge in [0.15, 0.2) is 0 Å². The second-order valence-electron chi connectivity index (χ2n) is 6.52. The van der Waals surface area contributed by atoms with E-state index in [0.29, 0.717) is 18.7 Å². The van der Waals surface area contributed by atoms with Crippen molar-refractivity contribution in [2.45, 2.75) is 25.0 Å². The van der Waals surface area contributed by atoms with E-state index < -0.39 is 6.10 Å². The highest BCUT2D eigenvalue weighted by Gasteiger charge is 2.31. The number of hydrogen-bond acceptors (Lipinski definition) is 5. The topological polar surface area (TPSA) is 91.8 Å². The molecule has 0 bridgehead atoms. The number of carbonyl (C=O) groups excluding carboxylic acids is 2. The summed E-state index contributed by atoms with van der Waals surface area (Å²) in [5.41, 5.74) is 1.22. The first-order valence-corrected chi connectivity index (χ1v) is 8.87. The normalized spacial score (nSPS) is 19.4. The lowest BCUT2D eigenvalue weighted by molar-refractivity contribution is -0.122. The molecule has 2 aromatic rings. The third kappa shape index (κ3) is 4.83. The largest absolute Gasteiger partial charge is 0.497 e. The van der Waals surface area contributed by atoms with Gasteiger partial charge in [-0.1, -0.05) is 18.2 Å². The van der Waals surface area contributed by atoms with E-state index in [1.54, 1.807) is 48.5 Å². The molecular formula is C20H23N3O4. The number of aromatic nitrogens is 1. The maximum atomic E-state index is 12.4. The Hall–Kier alpha value is -2.93. The summed E-state index contributed by atoms with van der Waals surface area (Å²) in [6.07, 6.45) is 1.47. The van der Waals surface area contributed by atoms with Gasteiger partial charge in [0.25, 0.3) is 5.91 Å². The third-order valence-electron chi connectivity index (χ3n) is 4.62. The monoisotopic (exact) mass is 369 g/mol. The lowest BCUT2D eigenvalue weighted by Crippen LogP contribution is -2.55. The number of amides is 2. The maximum Gasteiger partial charge on any atom is 0.272 e. The summed E-state index contributed by atoms with van der Waals surface area (Å²) < 4.78 is 5.10. The summed E-state index contributed by atoms with van der Waals surface area (Å²) in [5.74, 6) is 0.367. The highest BCUT2D eigenvalue weighted by Crippen LogP contribution is 2.15. The van der Waals surface area contributed by atoms with Crippen molar-refractivity contribution in [1.29, 1.82) is 0 Å². The van der Waals surface area contributed by atoms with Crippen LogP contribution in [0, 0.1) is 0 Å². The number of methoxy groups -OCH3 is 1. The molecule has 7 heteroatoms. The number of pyridine rings is 1. The van der Waals surface area contributed by atoms with Crippen LogP contribution in [0.1, 0.15) is 22.5 Å². The molecule has 2 atom stereocenters. The van der Waals surface area contributed by atoms with E-state index in [0.717, 1.165) is 11.3 Å². The van der Waals surface area contributed by atoms with E-state index in [-0.39, 0.29) is 30.8 Å². The van der Waals surface area contributed by atoms with Gasteiger partial charge in [0.1, 0.15) is 11.4 Å². The number of carbonyl (C=O) groups is 2. The van der Waals surface area contributed by atoms with Gasteiger partial charge in [-0.25, -0.2) is 0 Å². The van der Waals surface area contributed by atoms with Crippen LogP contribution in [0.2, 0.25) is 0 Å². The summed E-state index contributed by atoms with van der Waals surface area (Å²) in [4.78, 5) is 30.3. The Bertz CT molecular complexity index is 780. The number of rotatable bonds is 5.